The average Bonchev–Trinajstić information content (AvgIpc) is 2.20. The maximum Gasteiger partial charge on any atom is 0.245 e. The topological polar surface area (TPSA) is 67.9 Å². The summed E-state index contributed by atoms with van der Waals surface area (Å²) in [5.74, 6) is 0.631. The zero-order valence-electron chi connectivity index (χ0n) is 9.15. The van der Waals surface area contributed by atoms with Crippen LogP contribution in [0.4, 0.5) is 5.95 Å². The molecular weight excluding hydrogens is 178 g/mol. The molecule has 0 aliphatic carbocycles. The second-order valence-electron chi connectivity index (χ2n) is 3.48. The predicted molar refractivity (Wildman–Crippen MR) is 56.2 cm³/mol. The summed E-state index contributed by atoms with van der Waals surface area (Å²) in [6, 6.07) is 0.221. The van der Waals surface area contributed by atoms with Gasteiger partial charge in [0.05, 0.1) is 11.4 Å². The number of nitrogens with two attached hydrogens (primary N) is 1. The average molecular weight is 195 g/mol. The van der Waals surface area contributed by atoms with Gasteiger partial charge in [0.2, 0.25) is 5.95 Å². The molecule has 0 fully saturated rings. The molecule has 5 nitrogen and oxygen atoms in total. The summed E-state index contributed by atoms with van der Waals surface area (Å²) in [6.07, 6.45) is 0. The zero-order valence-corrected chi connectivity index (χ0v) is 9.15. The highest BCUT2D eigenvalue weighted by Gasteiger charge is 2.11. The molecule has 1 unspecified atom stereocenters. The second kappa shape index (κ2) is 4.32. The Labute approximate surface area is 84.3 Å². The van der Waals surface area contributed by atoms with Crippen molar-refractivity contribution in [1.29, 1.82) is 0 Å². The minimum atomic E-state index is 0.221. The third-order valence-corrected chi connectivity index (χ3v) is 2.40. The fourth-order valence-electron chi connectivity index (χ4n) is 0.950. The minimum absolute atomic E-state index is 0.221. The second-order valence-corrected chi connectivity index (χ2v) is 3.48. The first-order chi connectivity index (χ1) is 6.56. The lowest BCUT2D eigenvalue weighted by molar-refractivity contribution is 0.666. The molecule has 0 saturated carbocycles. The number of aryl methyl sites for hydroxylation is 2. The molecule has 1 aromatic rings. The van der Waals surface area contributed by atoms with E-state index in [-0.39, 0.29) is 6.04 Å². The van der Waals surface area contributed by atoms with Gasteiger partial charge in [0.1, 0.15) is 0 Å². The molecule has 0 radical (unpaired) electrons. The van der Waals surface area contributed by atoms with Gasteiger partial charge in [-0.3, -0.25) is 0 Å². The van der Waals surface area contributed by atoms with Gasteiger partial charge in [-0.2, -0.15) is 5.10 Å². The van der Waals surface area contributed by atoms with Gasteiger partial charge in [-0.05, 0) is 20.8 Å². The Morgan fingerprint density at radius 2 is 1.93 bits per heavy atom. The molecule has 1 aromatic heterocycles. The van der Waals surface area contributed by atoms with Crippen molar-refractivity contribution in [2.75, 3.05) is 18.5 Å². The van der Waals surface area contributed by atoms with Gasteiger partial charge < -0.3 is 10.6 Å². The van der Waals surface area contributed by atoms with Crippen molar-refractivity contribution in [3.05, 3.63) is 11.4 Å². The van der Waals surface area contributed by atoms with Crippen LogP contribution in [0.3, 0.4) is 0 Å². The van der Waals surface area contributed by atoms with Crippen LogP contribution in [-0.4, -0.2) is 34.8 Å². The summed E-state index contributed by atoms with van der Waals surface area (Å²) in [6.45, 7) is 6.42. The molecule has 1 heterocycles. The van der Waals surface area contributed by atoms with Crippen molar-refractivity contribution in [2.45, 2.75) is 26.8 Å². The van der Waals surface area contributed by atoms with E-state index >= 15 is 0 Å². The summed E-state index contributed by atoms with van der Waals surface area (Å²) < 4.78 is 0. The monoisotopic (exact) mass is 195 g/mol. The van der Waals surface area contributed by atoms with Gasteiger partial charge in [-0.15, -0.1) is 5.10 Å². The van der Waals surface area contributed by atoms with Gasteiger partial charge in [-0.1, -0.05) is 0 Å². The SMILES string of the molecule is Cc1nnc(N(C)C(C)CN)nc1C. The zero-order chi connectivity index (χ0) is 10.7. The van der Waals surface area contributed by atoms with E-state index in [1.807, 2.05) is 32.7 Å². The molecule has 78 valence electrons. The van der Waals surface area contributed by atoms with E-state index in [1.54, 1.807) is 0 Å². The summed E-state index contributed by atoms with van der Waals surface area (Å²) >= 11 is 0. The quantitative estimate of drug-likeness (QED) is 0.750. The first-order valence-corrected chi connectivity index (χ1v) is 4.67. The van der Waals surface area contributed by atoms with Crippen LogP contribution in [0.25, 0.3) is 0 Å². The summed E-state index contributed by atoms with van der Waals surface area (Å²) in [4.78, 5) is 6.27. The number of rotatable bonds is 3. The standard InChI is InChI=1S/C9H17N5/c1-6(5-10)14(4)9-11-7(2)8(3)12-13-9/h6H,5,10H2,1-4H3. The highest BCUT2D eigenvalue weighted by Crippen LogP contribution is 2.08. The van der Waals surface area contributed by atoms with E-state index in [0.717, 1.165) is 11.4 Å². The molecule has 5 heteroatoms. The molecule has 2 N–H and O–H groups in total. The van der Waals surface area contributed by atoms with Gasteiger partial charge in [0.15, 0.2) is 0 Å². The van der Waals surface area contributed by atoms with Crippen LogP contribution in [-0.2, 0) is 0 Å². The van der Waals surface area contributed by atoms with Crippen LogP contribution >= 0.6 is 0 Å². The van der Waals surface area contributed by atoms with E-state index in [2.05, 4.69) is 15.2 Å². The maximum absolute atomic E-state index is 5.56. The van der Waals surface area contributed by atoms with Gasteiger partial charge in [0.25, 0.3) is 0 Å². The number of hydrogen-bond acceptors (Lipinski definition) is 5. The van der Waals surface area contributed by atoms with Crippen molar-refractivity contribution in [3.63, 3.8) is 0 Å². The molecular formula is C9H17N5. The van der Waals surface area contributed by atoms with Crippen molar-refractivity contribution in [3.8, 4) is 0 Å². The Morgan fingerprint density at radius 3 is 2.43 bits per heavy atom. The number of nitrogens with zero attached hydrogens (tertiary/aromatic N) is 4. The summed E-state index contributed by atoms with van der Waals surface area (Å²) in [7, 11) is 1.92. The predicted octanol–water partition coefficient (Wildman–Crippen LogP) is 0.272. The summed E-state index contributed by atoms with van der Waals surface area (Å²) in [5.41, 5.74) is 7.33. The lowest BCUT2D eigenvalue weighted by Crippen LogP contribution is -2.36. The van der Waals surface area contributed by atoms with E-state index in [1.165, 1.54) is 0 Å². The molecule has 0 saturated heterocycles. The number of hydrogen-bond donors (Lipinski definition) is 1. The number of likely N-dealkylation sites (N-methyl/N-ethyl adjacent to an activating group) is 1. The van der Waals surface area contributed by atoms with E-state index < -0.39 is 0 Å². The number of aromatic nitrogens is 3. The van der Waals surface area contributed by atoms with E-state index in [9.17, 15) is 0 Å². The molecule has 0 aliphatic rings. The Balaban J connectivity index is 2.91. The lowest BCUT2D eigenvalue weighted by Gasteiger charge is -2.23. The number of anilines is 1. The molecule has 1 rings (SSSR count). The van der Waals surface area contributed by atoms with Crippen molar-refractivity contribution < 1.29 is 0 Å². The summed E-state index contributed by atoms with van der Waals surface area (Å²) in [5, 5.41) is 8.04. The van der Waals surface area contributed by atoms with Gasteiger partial charge >= 0.3 is 0 Å². The van der Waals surface area contributed by atoms with Gasteiger partial charge in [0, 0.05) is 19.6 Å². The Morgan fingerprint density at radius 1 is 1.29 bits per heavy atom. The molecule has 0 bridgehead atoms. The normalized spacial score (nSPS) is 12.6. The lowest BCUT2D eigenvalue weighted by atomic mass is 10.3. The van der Waals surface area contributed by atoms with E-state index in [0.29, 0.717) is 12.5 Å². The molecule has 0 aromatic carbocycles. The Kier molecular flexibility index (Phi) is 3.35. The van der Waals surface area contributed by atoms with E-state index in [4.69, 9.17) is 5.73 Å². The van der Waals surface area contributed by atoms with Crippen LogP contribution in [0, 0.1) is 13.8 Å². The van der Waals surface area contributed by atoms with Crippen molar-refractivity contribution in [1.82, 2.24) is 15.2 Å². The fraction of sp³-hybridized carbons (Fsp3) is 0.667. The fourth-order valence-corrected chi connectivity index (χ4v) is 0.950. The van der Waals surface area contributed by atoms with Crippen LogP contribution < -0.4 is 10.6 Å². The smallest absolute Gasteiger partial charge is 0.245 e. The molecule has 0 spiro atoms. The Hall–Kier alpha value is -1.23. The van der Waals surface area contributed by atoms with Crippen molar-refractivity contribution in [2.24, 2.45) is 5.73 Å². The van der Waals surface area contributed by atoms with Crippen LogP contribution in [0.5, 0.6) is 0 Å². The molecule has 0 aliphatic heterocycles. The first kappa shape index (κ1) is 10.8. The molecule has 1 atom stereocenters. The largest absolute Gasteiger partial charge is 0.339 e. The molecule has 0 amide bonds. The van der Waals surface area contributed by atoms with Crippen molar-refractivity contribution >= 4 is 5.95 Å². The van der Waals surface area contributed by atoms with Crippen LogP contribution in [0.2, 0.25) is 0 Å². The third kappa shape index (κ3) is 2.17. The minimum Gasteiger partial charge on any atom is -0.339 e. The Bertz CT molecular complexity index is 312. The highest BCUT2D eigenvalue weighted by atomic mass is 15.3. The van der Waals surface area contributed by atoms with Gasteiger partial charge in [-0.25, -0.2) is 4.98 Å². The van der Waals surface area contributed by atoms with Crippen LogP contribution in [0.1, 0.15) is 18.3 Å². The highest BCUT2D eigenvalue weighted by molar-refractivity contribution is 5.29. The molecule has 14 heavy (non-hydrogen) atoms. The van der Waals surface area contributed by atoms with Crippen LogP contribution in [0.15, 0.2) is 0 Å². The maximum atomic E-state index is 5.56. The first-order valence-electron chi connectivity index (χ1n) is 4.67. The third-order valence-electron chi connectivity index (χ3n) is 2.40.